The number of hydrazine groups is 1. The molecule has 0 fully saturated rings. The molecule has 0 aliphatic carbocycles. The highest BCUT2D eigenvalue weighted by Gasteiger charge is 2.18. The van der Waals surface area contributed by atoms with Crippen molar-refractivity contribution >= 4 is 11.5 Å². The summed E-state index contributed by atoms with van der Waals surface area (Å²) in [5.41, 5.74) is 4.48. The highest BCUT2D eigenvalue weighted by molar-refractivity contribution is 7.05. The predicted octanol–water partition coefficient (Wildman–Crippen LogP) is 0.189. The van der Waals surface area contributed by atoms with Crippen molar-refractivity contribution in [2.75, 3.05) is 0 Å². The molecular weight excluding hydrogens is 212 g/mol. The molecule has 7 heteroatoms. The summed E-state index contributed by atoms with van der Waals surface area (Å²) < 4.78 is 3.87. The van der Waals surface area contributed by atoms with Crippen molar-refractivity contribution in [1.82, 2.24) is 25.0 Å². The van der Waals surface area contributed by atoms with Gasteiger partial charge in [-0.05, 0) is 18.5 Å². The largest absolute Gasteiger partial charge is 0.271 e. The van der Waals surface area contributed by atoms with Gasteiger partial charge in [-0.2, -0.15) is 0 Å². The molecule has 1 atom stereocenters. The Kier molecular flexibility index (Phi) is 2.95. The number of hydrogen-bond acceptors (Lipinski definition) is 7. The Morgan fingerprint density at radius 2 is 2.13 bits per heavy atom. The molecule has 2 rings (SSSR count). The molecule has 0 saturated heterocycles. The van der Waals surface area contributed by atoms with E-state index in [-0.39, 0.29) is 6.04 Å². The summed E-state index contributed by atoms with van der Waals surface area (Å²) in [6, 6.07) is -0.147. The molecule has 3 N–H and O–H groups in total. The lowest BCUT2D eigenvalue weighted by Crippen LogP contribution is -2.28. The van der Waals surface area contributed by atoms with Crippen LogP contribution in [0.5, 0.6) is 0 Å². The fourth-order valence-electron chi connectivity index (χ4n) is 1.29. The smallest absolute Gasteiger partial charge is 0.115 e. The van der Waals surface area contributed by atoms with E-state index in [4.69, 9.17) is 5.84 Å². The summed E-state index contributed by atoms with van der Waals surface area (Å²) in [6.45, 7) is 1.90. The summed E-state index contributed by atoms with van der Waals surface area (Å²) >= 11 is 1.32. The van der Waals surface area contributed by atoms with Crippen LogP contribution in [0.1, 0.15) is 22.2 Å². The third kappa shape index (κ3) is 1.99. The first kappa shape index (κ1) is 10.1. The van der Waals surface area contributed by atoms with E-state index in [1.165, 1.54) is 17.9 Å². The molecule has 2 aromatic rings. The normalized spacial score (nSPS) is 12.7. The second-order valence-corrected chi connectivity index (χ2v) is 3.78. The van der Waals surface area contributed by atoms with Crippen LogP contribution in [0.15, 0.2) is 18.7 Å². The summed E-state index contributed by atoms with van der Waals surface area (Å²) in [7, 11) is 0. The van der Waals surface area contributed by atoms with Gasteiger partial charge in [0.05, 0.1) is 16.6 Å². The van der Waals surface area contributed by atoms with Crippen molar-refractivity contribution < 1.29 is 0 Å². The van der Waals surface area contributed by atoms with Crippen LogP contribution >= 0.6 is 11.5 Å². The maximum absolute atomic E-state index is 5.51. The third-order valence-corrected chi connectivity index (χ3v) is 2.92. The maximum Gasteiger partial charge on any atom is 0.115 e. The van der Waals surface area contributed by atoms with Crippen molar-refractivity contribution in [3.05, 3.63) is 34.9 Å². The summed E-state index contributed by atoms with van der Waals surface area (Å²) in [6.07, 6.45) is 4.92. The van der Waals surface area contributed by atoms with Crippen molar-refractivity contribution in [1.29, 1.82) is 0 Å². The number of hydrogen-bond donors (Lipinski definition) is 2. The molecule has 0 radical (unpaired) electrons. The Bertz CT molecular complexity index is 428. The van der Waals surface area contributed by atoms with Crippen LogP contribution in [0.3, 0.4) is 0 Å². The monoisotopic (exact) mass is 222 g/mol. The van der Waals surface area contributed by atoms with E-state index in [1.54, 1.807) is 12.4 Å². The highest BCUT2D eigenvalue weighted by Crippen LogP contribution is 2.24. The van der Waals surface area contributed by atoms with Crippen LogP contribution in [-0.2, 0) is 0 Å². The van der Waals surface area contributed by atoms with Gasteiger partial charge in [0.25, 0.3) is 0 Å². The van der Waals surface area contributed by atoms with Crippen molar-refractivity contribution in [3.8, 4) is 0 Å². The Hall–Kier alpha value is -1.44. The zero-order valence-electron chi connectivity index (χ0n) is 8.08. The van der Waals surface area contributed by atoms with Crippen LogP contribution in [0.4, 0.5) is 0 Å². The summed E-state index contributed by atoms with van der Waals surface area (Å²) in [5.74, 6) is 5.51. The van der Waals surface area contributed by atoms with Crippen LogP contribution in [-0.4, -0.2) is 19.6 Å². The second-order valence-electron chi connectivity index (χ2n) is 2.99. The van der Waals surface area contributed by atoms with E-state index >= 15 is 0 Å². The van der Waals surface area contributed by atoms with E-state index in [0.717, 1.165) is 16.1 Å². The fraction of sp³-hybridized carbons (Fsp3) is 0.250. The van der Waals surface area contributed by atoms with Gasteiger partial charge >= 0.3 is 0 Å². The number of nitrogens with one attached hydrogen (secondary N) is 1. The van der Waals surface area contributed by atoms with Crippen molar-refractivity contribution in [2.24, 2.45) is 5.84 Å². The molecule has 0 aliphatic heterocycles. The molecule has 1 unspecified atom stereocenters. The maximum atomic E-state index is 5.51. The molecule has 0 aliphatic rings. The molecule has 0 aromatic carbocycles. The molecule has 0 saturated carbocycles. The number of nitrogens with zero attached hydrogens (tertiary/aromatic N) is 4. The van der Waals surface area contributed by atoms with E-state index < -0.39 is 0 Å². The molecule has 6 nitrogen and oxygen atoms in total. The lowest BCUT2D eigenvalue weighted by Gasteiger charge is -2.13. The van der Waals surface area contributed by atoms with Gasteiger partial charge in [0, 0.05) is 18.0 Å². The van der Waals surface area contributed by atoms with Crippen LogP contribution in [0.2, 0.25) is 0 Å². The van der Waals surface area contributed by atoms with Crippen LogP contribution < -0.4 is 11.3 Å². The zero-order chi connectivity index (χ0) is 10.7. The quantitative estimate of drug-likeness (QED) is 0.569. The average molecular weight is 222 g/mol. The molecule has 0 amide bonds. The Morgan fingerprint density at radius 1 is 1.40 bits per heavy atom. The van der Waals surface area contributed by atoms with Gasteiger partial charge in [-0.15, -0.1) is 5.10 Å². The first-order valence-electron chi connectivity index (χ1n) is 4.33. The van der Waals surface area contributed by atoms with Crippen LogP contribution in [0, 0.1) is 6.92 Å². The topological polar surface area (TPSA) is 89.6 Å². The third-order valence-electron chi connectivity index (χ3n) is 2.03. The number of rotatable bonds is 3. The fourth-order valence-corrected chi connectivity index (χ4v) is 2.02. The van der Waals surface area contributed by atoms with E-state index in [2.05, 4.69) is 25.0 Å². The van der Waals surface area contributed by atoms with Gasteiger partial charge in [0.15, 0.2) is 0 Å². The molecular formula is C8H10N6S. The van der Waals surface area contributed by atoms with E-state index in [1.807, 2.05) is 6.92 Å². The minimum Gasteiger partial charge on any atom is -0.271 e. The van der Waals surface area contributed by atoms with Gasteiger partial charge in [-0.3, -0.25) is 5.84 Å². The van der Waals surface area contributed by atoms with E-state index in [9.17, 15) is 0 Å². The first-order chi connectivity index (χ1) is 7.33. The summed E-state index contributed by atoms with van der Waals surface area (Å²) in [5, 5.41) is 3.94. The average Bonchev–Trinajstić information content (AvgIpc) is 2.68. The number of nitrogens with two attached hydrogens (primary N) is 1. The van der Waals surface area contributed by atoms with Gasteiger partial charge in [-0.25, -0.2) is 15.4 Å². The minimum absolute atomic E-state index is 0.147. The lowest BCUT2D eigenvalue weighted by atomic mass is 10.1. The van der Waals surface area contributed by atoms with Gasteiger partial charge in [0.1, 0.15) is 6.33 Å². The Balaban J connectivity index is 2.37. The summed E-state index contributed by atoms with van der Waals surface area (Å²) in [4.78, 5) is 8.88. The Labute approximate surface area is 90.7 Å². The molecule has 0 spiro atoms. The van der Waals surface area contributed by atoms with Gasteiger partial charge < -0.3 is 0 Å². The Morgan fingerprint density at radius 3 is 2.67 bits per heavy atom. The molecule has 0 bridgehead atoms. The number of aryl methyl sites for hydroxylation is 1. The van der Waals surface area contributed by atoms with Crippen molar-refractivity contribution in [2.45, 2.75) is 13.0 Å². The molecule has 15 heavy (non-hydrogen) atoms. The first-order valence-corrected chi connectivity index (χ1v) is 5.10. The predicted molar refractivity (Wildman–Crippen MR) is 55.8 cm³/mol. The van der Waals surface area contributed by atoms with Crippen LogP contribution in [0.25, 0.3) is 0 Å². The lowest BCUT2D eigenvalue weighted by molar-refractivity contribution is 0.636. The SMILES string of the molecule is Cc1nnsc1C(NN)c1cncnc1. The van der Waals surface area contributed by atoms with Crippen molar-refractivity contribution in [3.63, 3.8) is 0 Å². The molecule has 2 heterocycles. The number of aromatic nitrogens is 4. The zero-order valence-corrected chi connectivity index (χ0v) is 8.90. The highest BCUT2D eigenvalue weighted by atomic mass is 32.1. The molecule has 78 valence electrons. The van der Waals surface area contributed by atoms with Gasteiger partial charge in [-0.1, -0.05) is 4.49 Å². The van der Waals surface area contributed by atoms with E-state index in [0.29, 0.717) is 0 Å². The standard InChI is InChI=1S/C8H10N6S/c1-5-8(15-14-13-5)7(12-9)6-2-10-4-11-3-6/h2-4,7,12H,9H2,1H3. The second kappa shape index (κ2) is 4.39. The van der Waals surface area contributed by atoms with Gasteiger partial charge in [0.2, 0.25) is 0 Å². The molecule has 2 aromatic heterocycles. The minimum atomic E-state index is -0.147.